The second-order valence-electron chi connectivity index (χ2n) is 6.22. The summed E-state index contributed by atoms with van der Waals surface area (Å²) in [5, 5.41) is 7.36. The number of amides is 2. The summed E-state index contributed by atoms with van der Waals surface area (Å²) in [4.78, 5) is 25.0. The van der Waals surface area contributed by atoms with Crippen LogP contribution >= 0.6 is 46.4 Å². The van der Waals surface area contributed by atoms with Gasteiger partial charge in [0, 0.05) is 21.6 Å². The molecule has 0 saturated carbocycles. The van der Waals surface area contributed by atoms with E-state index in [9.17, 15) is 9.59 Å². The number of carbonyl (C=O) groups is 2. The Morgan fingerprint density at radius 3 is 2.21 bits per heavy atom. The van der Waals surface area contributed by atoms with Crippen LogP contribution in [0.1, 0.15) is 35.7 Å². The molecule has 0 aromatic heterocycles. The van der Waals surface area contributed by atoms with Crippen LogP contribution in [-0.2, 0) is 11.2 Å². The lowest BCUT2D eigenvalue weighted by atomic mass is 10.1. The summed E-state index contributed by atoms with van der Waals surface area (Å²) in [5.74, 6) is -0.679. The molecule has 0 aliphatic heterocycles. The zero-order chi connectivity index (χ0) is 20.7. The van der Waals surface area contributed by atoms with Crippen LogP contribution in [0.5, 0.6) is 0 Å². The molecule has 2 aromatic rings. The van der Waals surface area contributed by atoms with Crippen molar-refractivity contribution >= 4 is 58.2 Å². The average molecular weight is 462 g/mol. The zero-order valence-electron chi connectivity index (χ0n) is 15.2. The molecule has 150 valence electrons. The molecule has 1 atom stereocenters. The van der Waals surface area contributed by atoms with Crippen molar-refractivity contribution in [1.82, 2.24) is 10.6 Å². The van der Waals surface area contributed by atoms with Gasteiger partial charge in [0.15, 0.2) is 0 Å². The Morgan fingerprint density at radius 2 is 1.61 bits per heavy atom. The van der Waals surface area contributed by atoms with E-state index >= 15 is 0 Å². The number of nitrogens with one attached hydrogen (secondary N) is 2. The minimum Gasteiger partial charge on any atom is -0.354 e. The van der Waals surface area contributed by atoms with Crippen LogP contribution in [0.2, 0.25) is 20.1 Å². The first-order valence-corrected chi connectivity index (χ1v) is 10.3. The average Bonchev–Trinajstić information content (AvgIpc) is 2.62. The quantitative estimate of drug-likeness (QED) is 0.540. The van der Waals surface area contributed by atoms with Crippen LogP contribution in [0.25, 0.3) is 0 Å². The Bertz CT molecular complexity index is 858. The van der Waals surface area contributed by atoms with Gasteiger partial charge in [0.2, 0.25) is 5.91 Å². The molecule has 0 heterocycles. The van der Waals surface area contributed by atoms with E-state index in [2.05, 4.69) is 10.6 Å². The highest BCUT2D eigenvalue weighted by atomic mass is 35.5. The van der Waals surface area contributed by atoms with Crippen molar-refractivity contribution < 1.29 is 9.59 Å². The van der Waals surface area contributed by atoms with Crippen molar-refractivity contribution in [3.63, 3.8) is 0 Å². The summed E-state index contributed by atoms with van der Waals surface area (Å²) in [6, 6.07) is 9.17. The normalized spacial score (nSPS) is 11.8. The number of carbonyl (C=O) groups excluding carboxylic acids is 2. The van der Waals surface area contributed by atoms with E-state index in [0.717, 1.165) is 12.0 Å². The number of hydrogen-bond acceptors (Lipinski definition) is 2. The maximum Gasteiger partial charge on any atom is 0.253 e. The second-order valence-corrected chi connectivity index (χ2v) is 7.90. The summed E-state index contributed by atoms with van der Waals surface area (Å²) in [6.45, 7) is 2.33. The van der Waals surface area contributed by atoms with Crippen LogP contribution in [0.4, 0.5) is 0 Å². The minimum absolute atomic E-state index is 0.234. The third-order valence-electron chi connectivity index (χ3n) is 4.08. The van der Waals surface area contributed by atoms with Gasteiger partial charge in [-0.2, -0.15) is 0 Å². The van der Waals surface area contributed by atoms with Gasteiger partial charge in [-0.25, -0.2) is 0 Å². The smallest absolute Gasteiger partial charge is 0.253 e. The van der Waals surface area contributed by atoms with Crippen molar-refractivity contribution in [2.75, 3.05) is 6.54 Å². The summed E-state index contributed by atoms with van der Waals surface area (Å²) >= 11 is 24.0. The lowest BCUT2D eigenvalue weighted by Gasteiger charge is -2.18. The SMILES string of the molecule is CCCC(NC(=O)c1ccc(Cl)cc1Cl)C(=O)NCCc1ccc(Cl)cc1Cl. The van der Waals surface area contributed by atoms with E-state index in [0.29, 0.717) is 34.5 Å². The van der Waals surface area contributed by atoms with Gasteiger partial charge in [-0.15, -0.1) is 0 Å². The van der Waals surface area contributed by atoms with Crippen molar-refractivity contribution in [1.29, 1.82) is 0 Å². The van der Waals surface area contributed by atoms with Gasteiger partial charge in [0.25, 0.3) is 5.91 Å². The van der Waals surface area contributed by atoms with E-state index in [1.54, 1.807) is 18.2 Å². The van der Waals surface area contributed by atoms with Crippen LogP contribution in [-0.4, -0.2) is 24.4 Å². The number of rotatable bonds is 8. The Balaban J connectivity index is 1.96. The molecule has 2 aromatic carbocycles. The van der Waals surface area contributed by atoms with Crippen LogP contribution in [0, 0.1) is 0 Å². The van der Waals surface area contributed by atoms with E-state index in [4.69, 9.17) is 46.4 Å². The molecule has 0 bridgehead atoms. The molecule has 1 unspecified atom stereocenters. The minimum atomic E-state index is -0.662. The Morgan fingerprint density at radius 1 is 0.964 bits per heavy atom. The van der Waals surface area contributed by atoms with Gasteiger partial charge in [0.1, 0.15) is 6.04 Å². The Labute approximate surface area is 184 Å². The van der Waals surface area contributed by atoms with E-state index in [-0.39, 0.29) is 16.5 Å². The molecule has 2 amide bonds. The fourth-order valence-electron chi connectivity index (χ4n) is 2.64. The topological polar surface area (TPSA) is 58.2 Å². The highest BCUT2D eigenvalue weighted by Gasteiger charge is 2.21. The van der Waals surface area contributed by atoms with Crippen LogP contribution in [0.3, 0.4) is 0 Å². The summed E-state index contributed by atoms with van der Waals surface area (Å²) in [6.07, 6.45) is 1.79. The van der Waals surface area contributed by atoms with E-state index in [1.165, 1.54) is 12.1 Å². The molecule has 8 heteroatoms. The van der Waals surface area contributed by atoms with Gasteiger partial charge < -0.3 is 10.6 Å². The molecule has 28 heavy (non-hydrogen) atoms. The highest BCUT2D eigenvalue weighted by Crippen LogP contribution is 2.22. The number of hydrogen-bond donors (Lipinski definition) is 2. The Hall–Kier alpha value is -1.46. The molecule has 2 N–H and O–H groups in total. The molecule has 0 fully saturated rings. The summed E-state index contributed by atoms with van der Waals surface area (Å²) in [5.41, 5.74) is 1.16. The van der Waals surface area contributed by atoms with Gasteiger partial charge in [0.05, 0.1) is 10.6 Å². The molecule has 0 radical (unpaired) electrons. The molecular formula is C20H20Cl4N2O2. The van der Waals surface area contributed by atoms with E-state index in [1.807, 2.05) is 13.0 Å². The number of benzene rings is 2. The fraction of sp³-hybridized carbons (Fsp3) is 0.300. The standard InChI is InChI=1S/C20H20Cl4N2O2/c1-2-3-18(26-19(27)15-7-6-14(22)11-17(15)24)20(28)25-9-8-12-4-5-13(21)10-16(12)23/h4-7,10-11,18H,2-3,8-9H2,1H3,(H,25,28)(H,26,27). The van der Waals surface area contributed by atoms with Gasteiger partial charge in [-0.05, 0) is 48.7 Å². The largest absolute Gasteiger partial charge is 0.354 e. The maximum atomic E-state index is 12.5. The monoisotopic (exact) mass is 460 g/mol. The van der Waals surface area contributed by atoms with Crippen LogP contribution in [0.15, 0.2) is 36.4 Å². The first-order valence-electron chi connectivity index (χ1n) is 8.79. The molecule has 4 nitrogen and oxygen atoms in total. The molecule has 2 rings (SSSR count). The summed E-state index contributed by atoms with van der Waals surface area (Å²) in [7, 11) is 0. The second kappa shape index (κ2) is 10.9. The molecule has 0 saturated heterocycles. The Kier molecular flexibility index (Phi) is 8.90. The predicted octanol–water partition coefficient (Wildman–Crippen LogP) is 5.56. The van der Waals surface area contributed by atoms with Gasteiger partial charge >= 0.3 is 0 Å². The van der Waals surface area contributed by atoms with Crippen molar-refractivity contribution in [3.05, 3.63) is 67.6 Å². The van der Waals surface area contributed by atoms with Crippen molar-refractivity contribution in [3.8, 4) is 0 Å². The van der Waals surface area contributed by atoms with E-state index < -0.39 is 11.9 Å². The fourth-order valence-corrected chi connectivity index (χ4v) is 3.63. The number of halogens is 4. The van der Waals surface area contributed by atoms with Crippen LogP contribution < -0.4 is 10.6 Å². The first-order chi connectivity index (χ1) is 13.3. The lowest BCUT2D eigenvalue weighted by molar-refractivity contribution is -0.123. The molecule has 0 aliphatic carbocycles. The zero-order valence-corrected chi connectivity index (χ0v) is 18.2. The highest BCUT2D eigenvalue weighted by molar-refractivity contribution is 6.37. The lowest BCUT2D eigenvalue weighted by Crippen LogP contribution is -2.47. The van der Waals surface area contributed by atoms with Crippen molar-refractivity contribution in [2.45, 2.75) is 32.2 Å². The summed E-state index contributed by atoms with van der Waals surface area (Å²) < 4.78 is 0. The third kappa shape index (κ3) is 6.56. The van der Waals surface area contributed by atoms with Gasteiger partial charge in [-0.1, -0.05) is 65.8 Å². The van der Waals surface area contributed by atoms with Crippen molar-refractivity contribution in [2.24, 2.45) is 0 Å². The predicted molar refractivity (Wildman–Crippen MR) is 116 cm³/mol. The van der Waals surface area contributed by atoms with Gasteiger partial charge in [-0.3, -0.25) is 9.59 Å². The molecular weight excluding hydrogens is 442 g/mol. The maximum absolute atomic E-state index is 12.5. The molecule has 0 aliphatic rings. The molecule has 0 spiro atoms. The third-order valence-corrected chi connectivity index (χ3v) is 5.22. The first kappa shape index (κ1) is 22.8.